The highest BCUT2D eigenvalue weighted by Crippen LogP contribution is 2.24. The highest BCUT2D eigenvalue weighted by molar-refractivity contribution is 5.84. The maximum atomic E-state index is 14.5. The van der Waals surface area contributed by atoms with Crippen molar-refractivity contribution < 1.29 is 22.0 Å². The van der Waals surface area contributed by atoms with Crippen molar-refractivity contribution in [2.75, 3.05) is 0 Å². The van der Waals surface area contributed by atoms with Gasteiger partial charge < -0.3 is 0 Å². The summed E-state index contributed by atoms with van der Waals surface area (Å²) in [6.07, 6.45) is 5.07. The lowest BCUT2D eigenvalue weighted by molar-refractivity contribution is 0.453. The Labute approximate surface area is 187 Å². The smallest absolute Gasteiger partial charge is 0.195 e. The summed E-state index contributed by atoms with van der Waals surface area (Å²) in [7, 11) is 0. The molecule has 0 aliphatic carbocycles. The van der Waals surface area contributed by atoms with E-state index in [1.165, 1.54) is 30.3 Å². The minimum atomic E-state index is -1.56. The first-order valence-corrected chi connectivity index (χ1v) is 10.2. The van der Waals surface area contributed by atoms with Gasteiger partial charge >= 0.3 is 0 Å². The summed E-state index contributed by atoms with van der Waals surface area (Å²) in [5, 5.41) is -0.0295. The molecule has 0 unspecified atom stereocenters. The van der Waals surface area contributed by atoms with Crippen LogP contribution < -0.4 is 0 Å². The number of halogens is 5. The van der Waals surface area contributed by atoms with Gasteiger partial charge in [0.1, 0.15) is 17.5 Å². The Morgan fingerprint density at radius 1 is 0.727 bits per heavy atom. The quantitative estimate of drug-likeness (QED) is 0.213. The highest BCUT2D eigenvalue weighted by Gasteiger charge is 2.14. The van der Waals surface area contributed by atoms with Gasteiger partial charge in [0.05, 0.1) is 5.56 Å². The van der Waals surface area contributed by atoms with E-state index in [0.29, 0.717) is 24.2 Å². The molecule has 4 rings (SSSR count). The number of aryl methyl sites for hydroxylation is 3. The Bertz CT molecular complexity index is 1380. The van der Waals surface area contributed by atoms with Crippen LogP contribution in [-0.2, 0) is 19.3 Å². The van der Waals surface area contributed by atoms with Gasteiger partial charge in [0.25, 0.3) is 0 Å². The molecule has 166 valence electrons. The van der Waals surface area contributed by atoms with Crippen LogP contribution in [0.5, 0.6) is 0 Å². The zero-order chi connectivity index (χ0) is 23.5. The third-order valence-electron chi connectivity index (χ3n) is 5.21. The number of aromatic nitrogens is 2. The van der Waals surface area contributed by atoms with Crippen molar-refractivity contribution in [2.45, 2.75) is 26.2 Å². The van der Waals surface area contributed by atoms with Crippen molar-refractivity contribution in [3.05, 3.63) is 106 Å². The predicted octanol–water partition coefficient (Wildman–Crippen LogP) is 6.07. The summed E-state index contributed by atoms with van der Waals surface area (Å²) in [6, 6.07) is 7.19. The molecule has 0 saturated carbocycles. The summed E-state index contributed by atoms with van der Waals surface area (Å²) in [4.78, 5) is 8.48. The van der Waals surface area contributed by atoms with Gasteiger partial charge in [-0.1, -0.05) is 24.8 Å². The average molecular weight is 452 g/mol. The Balaban J connectivity index is 1.55. The summed E-state index contributed by atoms with van der Waals surface area (Å²) in [5.74, 6) is -0.228. The van der Waals surface area contributed by atoms with Gasteiger partial charge in [0, 0.05) is 29.8 Å². The first-order valence-electron chi connectivity index (χ1n) is 10.2. The molecule has 33 heavy (non-hydrogen) atoms. The predicted molar refractivity (Wildman–Crippen MR) is 115 cm³/mol. The topological polar surface area (TPSA) is 25.8 Å². The number of hydrogen-bond donors (Lipinski definition) is 0. The van der Waals surface area contributed by atoms with Crippen LogP contribution >= 0.6 is 0 Å². The lowest BCUT2D eigenvalue weighted by atomic mass is 10.0. The molecule has 0 fully saturated rings. The molecule has 2 nitrogen and oxygen atoms in total. The monoisotopic (exact) mass is 452 g/mol. The number of rotatable bonds is 4. The van der Waals surface area contributed by atoms with Crippen LogP contribution in [0.25, 0.3) is 10.8 Å². The molecular formula is C26H17F5N2. The van der Waals surface area contributed by atoms with E-state index in [2.05, 4.69) is 21.8 Å². The van der Waals surface area contributed by atoms with Crippen molar-refractivity contribution in [1.29, 1.82) is 0 Å². The normalized spacial score (nSPS) is 10.8. The zero-order valence-electron chi connectivity index (χ0n) is 17.5. The molecule has 0 saturated heterocycles. The van der Waals surface area contributed by atoms with E-state index in [9.17, 15) is 22.0 Å². The van der Waals surface area contributed by atoms with Crippen LogP contribution in [-0.4, -0.2) is 9.97 Å². The van der Waals surface area contributed by atoms with E-state index in [1.807, 2.05) is 6.92 Å². The second-order valence-electron chi connectivity index (χ2n) is 7.47. The zero-order valence-corrected chi connectivity index (χ0v) is 17.5. The van der Waals surface area contributed by atoms with Crippen LogP contribution in [0.4, 0.5) is 22.0 Å². The minimum absolute atomic E-state index is 0.0867. The van der Waals surface area contributed by atoms with Gasteiger partial charge in [0.2, 0.25) is 0 Å². The van der Waals surface area contributed by atoms with Gasteiger partial charge in [-0.25, -0.2) is 31.9 Å². The maximum absolute atomic E-state index is 14.5. The molecule has 7 heteroatoms. The van der Waals surface area contributed by atoms with Crippen molar-refractivity contribution in [2.24, 2.45) is 0 Å². The molecule has 1 heterocycles. The summed E-state index contributed by atoms with van der Waals surface area (Å²) in [5.41, 5.74) is 1.30. The number of fused-ring (bicyclic) bond motifs is 1. The van der Waals surface area contributed by atoms with Crippen LogP contribution in [0.2, 0.25) is 0 Å². The molecule has 4 aromatic rings. The molecule has 0 radical (unpaired) electrons. The van der Waals surface area contributed by atoms with Gasteiger partial charge in [-0.05, 0) is 59.7 Å². The van der Waals surface area contributed by atoms with E-state index in [0.717, 1.165) is 18.1 Å². The Morgan fingerprint density at radius 2 is 1.42 bits per heavy atom. The second kappa shape index (κ2) is 9.37. The lowest BCUT2D eigenvalue weighted by Crippen LogP contribution is -2.01. The molecular weight excluding hydrogens is 435 g/mol. The van der Waals surface area contributed by atoms with Gasteiger partial charge in [-0.15, -0.1) is 0 Å². The molecule has 0 aliphatic heterocycles. The largest absolute Gasteiger partial charge is 0.241 e. The minimum Gasteiger partial charge on any atom is -0.241 e. The first kappa shape index (κ1) is 22.4. The molecule has 3 aromatic carbocycles. The fraction of sp³-hybridized carbons (Fsp3) is 0.154. The molecule has 0 amide bonds. The van der Waals surface area contributed by atoms with Crippen LogP contribution in [0.1, 0.15) is 35.0 Å². The fourth-order valence-electron chi connectivity index (χ4n) is 3.36. The van der Waals surface area contributed by atoms with E-state index >= 15 is 0 Å². The highest BCUT2D eigenvalue weighted by atomic mass is 19.2. The number of nitrogens with zero attached hydrogens (tertiary/aromatic N) is 2. The van der Waals surface area contributed by atoms with Crippen molar-refractivity contribution in [3.8, 4) is 11.8 Å². The number of benzene rings is 3. The lowest BCUT2D eigenvalue weighted by Gasteiger charge is -2.05. The van der Waals surface area contributed by atoms with Crippen LogP contribution in [0.15, 0.2) is 48.8 Å². The summed E-state index contributed by atoms with van der Waals surface area (Å²) >= 11 is 0. The molecule has 0 N–H and O–H groups in total. The molecule has 0 spiro atoms. The summed E-state index contributed by atoms with van der Waals surface area (Å²) < 4.78 is 69.7. The summed E-state index contributed by atoms with van der Waals surface area (Å²) in [6.45, 7) is 2.00. The van der Waals surface area contributed by atoms with Crippen LogP contribution in [0, 0.1) is 40.9 Å². The Hall–Kier alpha value is -3.79. The average Bonchev–Trinajstić information content (AvgIpc) is 2.81. The maximum Gasteiger partial charge on any atom is 0.195 e. The molecule has 0 atom stereocenters. The number of hydrogen-bond acceptors (Lipinski definition) is 2. The van der Waals surface area contributed by atoms with Crippen molar-refractivity contribution >= 4 is 10.8 Å². The Morgan fingerprint density at radius 3 is 2.09 bits per heavy atom. The molecule has 0 bridgehead atoms. The van der Waals surface area contributed by atoms with Gasteiger partial charge in [0.15, 0.2) is 17.5 Å². The van der Waals surface area contributed by atoms with E-state index in [4.69, 9.17) is 0 Å². The standard InChI is InChI=1S/C26H17F5N2/c1-2-15-13-32-24(33-14-15)8-5-17-10-21(27)20(22(28)11-17)7-4-16-3-6-19-18(9-16)12-23(29)26(31)25(19)30/h3,6,9-14H,2,5,8H2,1H3. The molecule has 0 aliphatic rings. The van der Waals surface area contributed by atoms with E-state index < -0.39 is 34.6 Å². The van der Waals surface area contributed by atoms with E-state index in [-0.39, 0.29) is 16.3 Å². The van der Waals surface area contributed by atoms with Gasteiger partial charge in [-0.2, -0.15) is 0 Å². The first-order chi connectivity index (χ1) is 15.9. The second-order valence-corrected chi connectivity index (χ2v) is 7.47. The van der Waals surface area contributed by atoms with Crippen molar-refractivity contribution in [3.63, 3.8) is 0 Å². The van der Waals surface area contributed by atoms with Crippen LogP contribution in [0.3, 0.4) is 0 Å². The van der Waals surface area contributed by atoms with Gasteiger partial charge in [-0.3, -0.25) is 0 Å². The fourth-order valence-corrected chi connectivity index (χ4v) is 3.36. The Kier molecular flexibility index (Phi) is 6.36. The molecule has 1 aromatic heterocycles. The SMILES string of the molecule is CCc1cnc(CCc2cc(F)c(C#Cc3ccc4c(F)c(F)c(F)cc4c3)c(F)c2)nc1. The third kappa shape index (κ3) is 4.85. The van der Waals surface area contributed by atoms with E-state index in [1.54, 1.807) is 12.4 Å². The third-order valence-corrected chi connectivity index (χ3v) is 5.21. The van der Waals surface area contributed by atoms with Crippen molar-refractivity contribution in [1.82, 2.24) is 9.97 Å².